The van der Waals surface area contributed by atoms with E-state index in [9.17, 15) is 0 Å². The highest BCUT2D eigenvalue weighted by Gasteiger charge is 2.25. The van der Waals surface area contributed by atoms with Crippen LogP contribution in [0.4, 0.5) is 0 Å². The molecule has 0 fully saturated rings. The number of rotatable bonds is 44. The van der Waals surface area contributed by atoms with Gasteiger partial charge in [0.25, 0.3) is 0 Å². The van der Waals surface area contributed by atoms with E-state index in [1.807, 2.05) is 6.92 Å². The number of benzene rings is 5. The van der Waals surface area contributed by atoms with Crippen LogP contribution in [0.3, 0.4) is 0 Å². The summed E-state index contributed by atoms with van der Waals surface area (Å²) >= 11 is 0. The van der Waals surface area contributed by atoms with Crippen LogP contribution in [-0.2, 0) is 38.5 Å². The van der Waals surface area contributed by atoms with E-state index in [4.69, 9.17) is 0 Å². The zero-order valence-electron chi connectivity index (χ0n) is 52.8. The minimum absolute atomic E-state index is 0.0337. The molecule has 0 saturated heterocycles. The largest absolute Gasteiger partial charge is 0.289 e. The molecule has 0 amide bonds. The fourth-order valence-corrected chi connectivity index (χ4v) is 12.4. The Morgan fingerprint density at radius 2 is 0.550 bits per heavy atom. The van der Waals surface area contributed by atoms with E-state index in [1.165, 1.54) is 243 Å². The third-order valence-electron chi connectivity index (χ3n) is 17.6. The summed E-state index contributed by atoms with van der Waals surface area (Å²) < 4.78 is 0. The maximum absolute atomic E-state index is 15.4. The topological polar surface area (TPSA) is 34.1 Å². The van der Waals surface area contributed by atoms with Crippen molar-refractivity contribution in [3.8, 4) is 22.3 Å². The van der Waals surface area contributed by atoms with E-state index in [-0.39, 0.29) is 11.6 Å². The summed E-state index contributed by atoms with van der Waals surface area (Å²) in [7, 11) is 0. The maximum Gasteiger partial charge on any atom is 0.193 e. The number of unbranched alkanes of at least 4 members (excludes halogenated alkanes) is 26. The van der Waals surface area contributed by atoms with Gasteiger partial charge in [-0.3, -0.25) is 9.59 Å². The van der Waals surface area contributed by atoms with E-state index < -0.39 is 0 Å². The molecule has 0 N–H and O–H groups in total. The Kier molecular flexibility index (Phi) is 32.3. The molecule has 2 nitrogen and oxygen atoms in total. The smallest absolute Gasteiger partial charge is 0.193 e. The van der Waals surface area contributed by atoms with Gasteiger partial charge in [-0.2, -0.15) is 0 Å². The predicted octanol–water partition coefficient (Wildman–Crippen LogP) is 24.0. The molecule has 0 aliphatic carbocycles. The van der Waals surface area contributed by atoms with Crippen LogP contribution in [0.2, 0.25) is 0 Å². The van der Waals surface area contributed by atoms with E-state index in [1.54, 1.807) is 0 Å². The summed E-state index contributed by atoms with van der Waals surface area (Å²) in [5, 5.41) is 0. The molecule has 2 heteroatoms. The molecule has 80 heavy (non-hydrogen) atoms. The third-order valence-corrected chi connectivity index (χ3v) is 17.6. The summed E-state index contributed by atoms with van der Waals surface area (Å²) in [6, 6.07) is 31.5. The van der Waals surface area contributed by atoms with E-state index in [2.05, 4.69) is 133 Å². The van der Waals surface area contributed by atoms with Gasteiger partial charge in [-0.15, -0.1) is 0 Å². The van der Waals surface area contributed by atoms with Crippen molar-refractivity contribution in [3.05, 3.63) is 152 Å². The van der Waals surface area contributed by atoms with Crippen molar-refractivity contribution in [2.45, 2.75) is 299 Å². The summed E-state index contributed by atoms with van der Waals surface area (Å²) in [6.45, 7) is 18.2. The third kappa shape index (κ3) is 22.3. The van der Waals surface area contributed by atoms with E-state index in [0.717, 1.165) is 73.6 Å². The standard InChI is InChI=1S/C78H114O2/c1-9-15-21-27-29-31-33-35-41-63-47-51-65(52-48-63)77(79)71-60-75(76(56-62(71)8)78(80)66-53-49-64(50-54-66)42-36-34-32-30-28-22-16-10-2)74-59-69(45-39-25-19-13-5)73(58-70(74)46-40-26-20-14-6)72-57-67(43-37-23-17-11-3)61(7)55-68(72)44-38-24-18-12-4/h47-60H,9-46H2,1-8H3. The fraction of sp³-hybridized carbons (Fsp3) is 0.590. The first-order valence-corrected chi connectivity index (χ1v) is 33.9. The normalized spacial score (nSPS) is 11.5. The molecule has 0 atom stereocenters. The van der Waals surface area contributed by atoms with Gasteiger partial charge in [-0.05, 0) is 170 Å². The fourth-order valence-electron chi connectivity index (χ4n) is 12.4. The molecule has 5 rings (SSSR count). The van der Waals surface area contributed by atoms with Crippen LogP contribution < -0.4 is 0 Å². The van der Waals surface area contributed by atoms with E-state index >= 15 is 9.59 Å². The summed E-state index contributed by atoms with van der Waals surface area (Å²) in [4.78, 5) is 30.5. The van der Waals surface area contributed by atoms with Crippen LogP contribution in [0.15, 0.2) is 84.9 Å². The molecule has 0 heterocycles. The zero-order valence-corrected chi connectivity index (χ0v) is 52.8. The molecule has 0 aromatic heterocycles. The Morgan fingerprint density at radius 1 is 0.263 bits per heavy atom. The summed E-state index contributed by atoms with van der Waals surface area (Å²) in [6.07, 6.45) is 46.5. The number of aryl methyl sites for hydroxylation is 8. The number of carbonyl (C=O) groups excluding carboxylic acids is 2. The molecular formula is C78H114O2. The van der Waals surface area contributed by atoms with Gasteiger partial charge in [0, 0.05) is 22.3 Å². The predicted molar refractivity (Wildman–Crippen MR) is 351 cm³/mol. The number of ketones is 2. The molecule has 5 aromatic rings. The first-order valence-electron chi connectivity index (χ1n) is 33.9. The maximum atomic E-state index is 15.4. The quantitative estimate of drug-likeness (QED) is 0.0288. The molecule has 438 valence electrons. The van der Waals surface area contributed by atoms with Crippen molar-refractivity contribution >= 4 is 11.6 Å². The van der Waals surface area contributed by atoms with Gasteiger partial charge in [0.15, 0.2) is 11.6 Å². The van der Waals surface area contributed by atoms with Gasteiger partial charge >= 0.3 is 0 Å². The molecule has 5 aromatic carbocycles. The molecule has 0 saturated carbocycles. The van der Waals surface area contributed by atoms with Gasteiger partial charge in [-0.25, -0.2) is 0 Å². The Labute approximate surface area is 492 Å². The van der Waals surface area contributed by atoms with Gasteiger partial charge < -0.3 is 0 Å². The lowest BCUT2D eigenvalue weighted by Crippen LogP contribution is -2.11. The first-order chi connectivity index (χ1) is 39.2. The molecule has 0 bridgehead atoms. The van der Waals surface area contributed by atoms with Crippen molar-refractivity contribution in [2.75, 3.05) is 0 Å². The second kappa shape index (κ2) is 39.0. The molecule has 0 radical (unpaired) electrons. The summed E-state index contributed by atoms with van der Waals surface area (Å²) in [5.41, 5.74) is 18.3. The Morgan fingerprint density at radius 3 is 0.938 bits per heavy atom. The molecule has 0 aliphatic heterocycles. The Hall–Kier alpha value is -4.56. The van der Waals surface area contributed by atoms with E-state index in [0.29, 0.717) is 16.7 Å². The van der Waals surface area contributed by atoms with Crippen molar-refractivity contribution in [1.29, 1.82) is 0 Å². The summed E-state index contributed by atoms with van der Waals surface area (Å²) in [5.74, 6) is 0.0728. The van der Waals surface area contributed by atoms with Crippen molar-refractivity contribution in [2.24, 2.45) is 0 Å². The number of carbonyl (C=O) groups is 2. The first kappa shape index (κ1) is 66.2. The minimum Gasteiger partial charge on any atom is -0.289 e. The lowest BCUT2D eigenvalue weighted by molar-refractivity contribution is 0.102. The SMILES string of the molecule is CCCCCCCCCCc1ccc(C(=O)c2cc(-c3cc(CCCCCC)c(-c4cc(CCCCCC)c(C)cc4CCCCCC)cc3CCCCCC)c(C(=O)c3ccc(CCCCCCCCCC)cc3)cc2C)cc1. The average Bonchev–Trinajstić information content (AvgIpc) is 3.54. The second-order valence-electron chi connectivity index (χ2n) is 24.6. The zero-order chi connectivity index (χ0) is 57.2. The van der Waals surface area contributed by atoms with Crippen LogP contribution in [0.25, 0.3) is 22.3 Å². The van der Waals surface area contributed by atoms with Crippen LogP contribution in [0.5, 0.6) is 0 Å². The highest BCUT2D eigenvalue weighted by atomic mass is 16.1. The average molecular weight is 1080 g/mol. The van der Waals surface area contributed by atoms with Crippen LogP contribution >= 0.6 is 0 Å². The van der Waals surface area contributed by atoms with Crippen molar-refractivity contribution in [3.63, 3.8) is 0 Å². The number of hydrogen-bond donors (Lipinski definition) is 0. The van der Waals surface area contributed by atoms with Crippen LogP contribution in [0, 0.1) is 13.8 Å². The van der Waals surface area contributed by atoms with Crippen LogP contribution in [0.1, 0.15) is 323 Å². The van der Waals surface area contributed by atoms with Gasteiger partial charge in [0.1, 0.15) is 0 Å². The van der Waals surface area contributed by atoms with Crippen molar-refractivity contribution in [1.82, 2.24) is 0 Å². The van der Waals surface area contributed by atoms with Gasteiger partial charge in [0.05, 0.1) is 0 Å². The highest BCUT2D eigenvalue weighted by molar-refractivity contribution is 6.16. The second-order valence-corrected chi connectivity index (χ2v) is 24.6. The number of hydrogen-bond acceptors (Lipinski definition) is 2. The molecular weight excluding hydrogens is 969 g/mol. The lowest BCUT2D eigenvalue weighted by Gasteiger charge is -2.23. The van der Waals surface area contributed by atoms with Crippen LogP contribution in [-0.4, -0.2) is 11.6 Å². The molecule has 0 aliphatic rings. The minimum atomic E-state index is 0.0337. The Balaban J connectivity index is 1.65. The van der Waals surface area contributed by atoms with Crippen molar-refractivity contribution < 1.29 is 9.59 Å². The highest BCUT2D eigenvalue weighted by Crippen LogP contribution is 2.41. The lowest BCUT2D eigenvalue weighted by atomic mass is 9.81. The van der Waals surface area contributed by atoms with Gasteiger partial charge in [-0.1, -0.05) is 281 Å². The van der Waals surface area contributed by atoms with Gasteiger partial charge in [0.2, 0.25) is 0 Å². The monoisotopic (exact) mass is 1080 g/mol. The Bertz CT molecular complexity index is 2520. The molecule has 0 unspecified atom stereocenters. The molecule has 0 spiro atoms.